The van der Waals surface area contributed by atoms with Gasteiger partial charge in [0.1, 0.15) is 11.5 Å². The van der Waals surface area contributed by atoms with Gasteiger partial charge in [-0.3, -0.25) is 0 Å². The zero-order valence-electron chi connectivity index (χ0n) is 22.7. The molecule has 0 saturated carbocycles. The van der Waals surface area contributed by atoms with Gasteiger partial charge in [0.25, 0.3) is 6.43 Å². The minimum atomic E-state index is -3.66. The number of rotatable bonds is 8. The number of aryl methyl sites for hydroxylation is 1. The lowest BCUT2D eigenvalue weighted by Gasteiger charge is -2.18. The van der Waals surface area contributed by atoms with Crippen molar-refractivity contribution >= 4 is 21.6 Å². The van der Waals surface area contributed by atoms with E-state index >= 15 is 0 Å². The van der Waals surface area contributed by atoms with Crippen molar-refractivity contribution < 1.29 is 17.2 Å². The molecule has 0 fully saturated rings. The van der Waals surface area contributed by atoms with Gasteiger partial charge in [0.05, 0.1) is 28.2 Å². The number of aromatic nitrogens is 5. The van der Waals surface area contributed by atoms with Gasteiger partial charge in [-0.25, -0.2) is 31.2 Å². The van der Waals surface area contributed by atoms with Crippen LogP contribution in [0, 0.1) is 6.92 Å². The number of halogens is 3. The van der Waals surface area contributed by atoms with Crippen molar-refractivity contribution in [1.29, 1.82) is 0 Å². The topological polar surface area (TPSA) is 85.9 Å². The lowest BCUT2D eigenvalue weighted by molar-refractivity contribution is 0.146. The first kappa shape index (κ1) is 28.6. The zero-order chi connectivity index (χ0) is 29.5. The molecule has 1 unspecified atom stereocenters. The summed E-state index contributed by atoms with van der Waals surface area (Å²) < 4.78 is 57.1. The van der Waals surface area contributed by atoms with Crippen molar-refractivity contribution in [2.75, 3.05) is 14.1 Å². The van der Waals surface area contributed by atoms with Crippen LogP contribution in [0.5, 0.6) is 0 Å². The summed E-state index contributed by atoms with van der Waals surface area (Å²) in [5.41, 5.74) is 3.86. The lowest BCUT2D eigenvalue weighted by Crippen LogP contribution is -2.22. The molecule has 12 heteroatoms. The summed E-state index contributed by atoms with van der Waals surface area (Å²) in [5.74, 6) is 0.230. The number of benzene rings is 3. The molecule has 0 aliphatic rings. The summed E-state index contributed by atoms with van der Waals surface area (Å²) >= 11 is 6.10. The maximum atomic E-state index is 13.5. The Balaban J connectivity index is 1.70. The van der Waals surface area contributed by atoms with E-state index in [0.29, 0.717) is 33.3 Å². The first-order valence-electron chi connectivity index (χ1n) is 12.6. The molecule has 0 N–H and O–H groups in total. The van der Waals surface area contributed by atoms with Crippen molar-refractivity contribution in [3.63, 3.8) is 0 Å². The maximum absolute atomic E-state index is 13.5. The molecule has 3 aromatic carbocycles. The maximum Gasteiger partial charge on any atom is 0.281 e. The first-order chi connectivity index (χ1) is 19.5. The predicted molar refractivity (Wildman–Crippen MR) is 153 cm³/mol. The van der Waals surface area contributed by atoms with Gasteiger partial charge >= 0.3 is 0 Å². The third kappa shape index (κ3) is 5.52. The molecule has 5 aromatic rings. The van der Waals surface area contributed by atoms with Crippen LogP contribution in [0.15, 0.2) is 84.0 Å². The Morgan fingerprint density at radius 3 is 2.32 bits per heavy atom. The molecule has 2 aromatic heterocycles. The second-order valence-electron chi connectivity index (χ2n) is 9.75. The third-order valence-electron chi connectivity index (χ3n) is 6.92. The van der Waals surface area contributed by atoms with Crippen molar-refractivity contribution in [2.45, 2.75) is 31.1 Å². The van der Waals surface area contributed by atoms with E-state index in [-0.39, 0.29) is 16.5 Å². The number of sulfonamides is 1. The van der Waals surface area contributed by atoms with E-state index in [1.807, 2.05) is 43.3 Å². The van der Waals surface area contributed by atoms with Gasteiger partial charge in [0.2, 0.25) is 10.0 Å². The van der Waals surface area contributed by atoms with Crippen molar-refractivity contribution in [3.05, 3.63) is 107 Å². The van der Waals surface area contributed by atoms with Gasteiger partial charge in [0.15, 0.2) is 0 Å². The molecule has 1 atom stereocenters. The molecular formula is C29H27ClF2N6O2S. The molecule has 212 valence electrons. The van der Waals surface area contributed by atoms with E-state index < -0.39 is 16.4 Å². The van der Waals surface area contributed by atoms with E-state index in [1.54, 1.807) is 46.6 Å². The van der Waals surface area contributed by atoms with E-state index in [9.17, 15) is 17.2 Å². The highest BCUT2D eigenvalue weighted by molar-refractivity contribution is 7.89. The van der Waals surface area contributed by atoms with Crippen molar-refractivity contribution in [1.82, 2.24) is 28.9 Å². The number of hydrogen-bond acceptors (Lipinski definition) is 5. The lowest BCUT2D eigenvalue weighted by atomic mass is 9.98. The van der Waals surface area contributed by atoms with Crippen LogP contribution in [0.4, 0.5) is 8.78 Å². The second-order valence-corrected chi connectivity index (χ2v) is 12.3. The predicted octanol–water partition coefficient (Wildman–Crippen LogP) is 6.42. The van der Waals surface area contributed by atoms with Crippen LogP contribution in [0.3, 0.4) is 0 Å². The Labute approximate surface area is 241 Å². The van der Waals surface area contributed by atoms with Crippen molar-refractivity contribution in [2.24, 2.45) is 0 Å². The molecule has 2 heterocycles. The Morgan fingerprint density at radius 1 is 0.951 bits per heavy atom. The van der Waals surface area contributed by atoms with Gasteiger partial charge in [-0.05, 0) is 60.0 Å². The molecule has 41 heavy (non-hydrogen) atoms. The van der Waals surface area contributed by atoms with Crippen LogP contribution in [0.1, 0.15) is 42.0 Å². The second kappa shape index (κ2) is 11.2. The first-order valence-corrected chi connectivity index (χ1v) is 14.5. The zero-order valence-corrected chi connectivity index (χ0v) is 24.3. The largest absolute Gasteiger partial charge is 0.301 e. The van der Waals surface area contributed by atoms with Gasteiger partial charge in [-0.15, -0.1) is 5.10 Å². The van der Waals surface area contributed by atoms with Gasteiger partial charge < -0.3 is 4.57 Å². The molecular weight excluding hydrogens is 570 g/mol. The minimum Gasteiger partial charge on any atom is -0.301 e. The van der Waals surface area contributed by atoms with Crippen LogP contribution in [-0.4, -0.2) is 51.4 Å². The fraction of sp³-hybridized carbons (Fsp3) is 0.207. The molecule has 0 radical (unpaired) electrons. The van der Waals surface area contributed by atoms with Crippen LogP contribution in [0.2, 0.25) is 5.02 Å². The summed E-state index contributed by atoms with van der Waals surface area (Å²) in [7, 11) is -0.709. The van der Waals surface area contributed by atoms with E-state index in [0.717, 1.165) is 15.6 Å². The van der Waals surface area contributed by atoms with Crippen LogP contribution in [0.25, 0.3) is 22.5 Å². The number of imidazole rings is 1. The summed E-state index contributed by atoms with van der Waals surface area (Å²) in [6.07, 6.45) is 0.235. The highest BCUT2D eigenvalue weighted by atomic mass is 35.5. The quantitative estimate of drug-likeness (QED) is 0.206. The van der Waals surface area contributed by atoms with E-state index in [2.05, 4.69) is 15.3 Å². The molecule has 0 amide bonds. The average Bonchev–Trinajstić information content (AvgIpc) is 3.60. The smallest absolute Gasteiger partial charge is 0.281 e. The highest BCUT2D eigenvalue weighted by Gasteiger charge is 2.22. The normalized spacial score (nSPS) is 12.8. The minimum absolute atomic E-state index is 0.146. The third-order valence-corrected chi connectivity index (χ3v) is 8.99. The average molecular weight is 597 g/mol. The number of hydrogen-bond donors (Lipinski definition) is 0. The molecule has 0 spiro atoms. The molecule has 0 aliphatic heterocycles. The summed E-state index contributed by atoms with van der Waals surface area (Å²) in [6, 6.07) is 19.5. The Morgan fingerprint density at radius 2 is 1.66 bits per heavy atom. The molecule has 5 rings (SSSR count). The summed E-state index contributed by atoms with van der Waals surface area (Å²) in [4.78, 5) is 4.19. The SMILES string of the molecule is Cc1nc(C(F)F)cn1-c1ccc(-c2cccc(S(=O)(=O)N(C)C)c2)cc1-n1nncc1C(C)c1ccc(Cl)cc1. The van der Waals surface area contributed by atoms with Gasteiger partial charge in [0, 0.05) is 31.2 Å². The molecule has 0 bridgehead atoms. The highest BCUT2D eigenvalue weighted by Crippen LogP contribution is 2.33. The van der Waals surface area contributed by atoms with Crippen LogP contribution < -0.4 is 0 Å². The number of nitrogens with zero attached hydrogens (tertiary/aromatic N) is 6. The van der Waals surface area contributed by atoms with E-state index in [1.165, 1.54) is 26.4 Å². The van der Waals surface area contributed by atoms with E-state index in [4.69, 9.17) is 11.6 Å². The Bertz CT molecular complexity index is 1820. The van der Waals surface area contributed by atoms with Crippen LogP contribution in [-0.2, 0) is 10.0 Å². The monoisotopic (exact) mass is 596 g/mol. The fourth-order valence-electron chi connectivity index (χ4n) is 4.62. The fourth-order valence-corrected chi connectivity index (χ4v) is 5.69. The van der Waals surface area contributed by atoms with Crippen molar-refractivity contribution in [3.8, 4) is 22.5 Å². The van der Waals surface area contributed by atoms with Crippen LogP contribution >= 0.6 is 11.6 Å². The molecule has 0 saturated heterocycles. The number of alkyl halides is 2. The Hall–Kier alpha value is -3.93. The van der Waals surface area contributed by atoms with Gasteiger partial charge in [-0.1, -0.05) is 54.1 Å². The standard InChI is InChI=1S/C29H27ClF2N6O2S/c1-18(20-8-11-23(30)12-9-20)28-16-33-35-38(28)27-15-22(21-6-5-7-24(14-21)41(39,40)36(3)4)10-13-26(27)37-17-25(29(31)32)34-19(37)2/h5-18,29H,1-4H3. The van der Waals surface area contributed by atoms with Gasteiger partial charge in [-0.2, -0.15) is 0 Å². The molecule has 8 nitrogen and oxygen atoms in total. The summed E-state index contributed by atoms with van der Waals surface area (Å²) in [5, 5.41) is 9.18. The summed E-state index contributed by atoms with van der Waals surface area (Å²) in [6.45, 7) is 3.66. The molecule has 0 aliphatic carbocycles. The Kier molecular flexibility index (Phi) is 7.78.